The van der Waals surface area contributed by atoms with Crippen molar-refractivity contribution in [1.82, 2.24) is 0 Å². The van der Waals surface area contributed by atoms with Crippen LogP contribution in [-0.4, -0.2) is 5.11 Å². The molecule has 0 saturated carbocycles. The van der Waals surface area contributed by atoms with Gasteiger partial charge in [-0.3, -0.25) is 0 Å². The van der Waals surface area contributed by atoms with Gasteiger partial charge in [-0.05, 0) is 55.9 Å². The van der Waals surface area contributed by atoms with Gasteiger partial charge in [0.2, 0.25) is 0 Å². The van der Waals surface area contributed by atoms with Gasteiger partial charge in [0.05, 0.1) is 0 Å². The third-order valence-electron chi connectivity index (χ3n) is 2.71. The molecule has 0 bridgehead atoms. The van der Waals surface area contributed by atoms with Crippen LogP contribution in [0.3, 0.4) is 0 Å². The summed E-state index contributed by atoms with van der Waals surface area (Å²) in [5.41, 5.74) is 3.89. The summed E-state index contributed by atoms with van der Waals surface area (Å²) in [7, 11) is 0. The van der Waals surface area contributed by atoms with E-state index in [1.165, 1.54) is 17.7 Å². The highest BCUT2D eigenvalue weighted by Crippen LogP contribution is 2.17. The minimum Gasteiger partial charge on any atom is -0.332 e. The van der Waals surface area contributed by atoms with E-state index in [-0.39, 0.29) is 5.82 Å². The van der Waals surface area contributed by atoms with Crippen molar-refractivity contribution in [2.24, 2.45) is 0 Å². The summed E-state index contributed by atoms with van der Waals surface area (Å²) in [5, 5.41) is 6.50. The highest BCUT2D eigenvalue weighted by atomic mass is 32.1. The Morgan fingerprint density at radius 2 is 1.84 bits per heavy atom. The lowest BCUT2D eigenvalue weighted by molar-refractivity contribution is 0.628. The van der Waals surface area contributed by atoms with E-state index < -0.39 is 0 Å². The van der Waals surface area contributed by atoms with Crippen molar-refractivity contribution in [2.75, 3.05) is 10.6 Å². The zero-order chi connectivity index (χ0) is 13.8. The molecule has 0 spiro atoms. The van der Waals surface area contributed by atoms with Crippen molar-refractivity contribution in [3.05, 3.63) is 59.4 Å². The van der Waals surface area contributed by atoms with Gasteiger partial charge in [-0.1, -0.05) is 23.8 Å². The molecule has 2 aromatic rings. The molecule has 98 valence electrons. The van der Waals surface area contributed by atoms with Crippen molar-refractivity contribution in [3.63, 3.8) is 0 Å². The summed E-state index contributed by atoms with van der Waals surface area (Å²) < 4.78 is 13.0. The molecule has 0 unspecified atom stereocenters. The molecular weight excluding hydrogens is 259 g/mol. The quantitative estimate of drug-likeness (QED) is 0.800. The first-order valence-corrected chi connectivity index (χ1v) is 6.36. The highest BCUT2D eigenvalue weighted by molar-refractivity contribution is 7.80. The molecule has 0 aliphatic rings. The number of benzene rings is 2. The Kier molecular flexibility index (Phi) is 4.12. The molecule has 0 aromatic heterocycles. The maximum absolute atomic E-state index is 13.0. The molecule has 0 heterocycles. The monoisotopic (exact) mass is 274 g/mol. The number of aryl methyl sites for hydroxylation is 2. The number of halogens is 1. The SMILES string of the molecule is Cc1ccc(NC(=S)Nc2cccc(F)c2)c(C)c1. The van der Waals surface area contributed by atoms with Crippen LogP contribution >= 0.6 is 12.2 Å². The lowest BCUT2D eigenvalue weighted by Crippen LogP contribution is -2.19. The number of hydrogen-bond donors (Lipinski definition) is 2. The summed E-state index contributed by atoms with van der Waals surface area (Å²) >= 11 is 5.21. The third-order valence-corrected chi connectivity index (χ3v) is 2.92. The summed E-state index contributed by atoms with van der Waals surface area (Å²) in [4.78, 5) is 0. The van der Waals surface area contributed by atoms with Crippen LogP contribution in [0.25, 0.3) is 0 Å². The Bertz CT molecular complexity index is 611. The van der Waals surface area contributed by atoms with Gasteiger partial charge in [-0.15, -0.1) is 0 Å². The van der Waals surface area contributed by atoms with Gasteiger partial charge >= 0.3 is 0 Å². The molecule has 2 aromatic carbocycles. The van der Waals surface area contributed by atoms with Crippen LogP contribution in [0.1, 0.15) is 11.1 Å². The van der Waals surface area contributed by atoms with E-state index >= 15 is 0 Å². The third kappa shape index (κ3) is 3.76. The van der Waals surface area contributed by atoms with E-state index in [4.69, 9.17) is 12.2 Å². The Balaban J connectivity index is 2.05. The second-order valence-corrected chi connectivity index (χ2v) is 4.82. The zero-order valence-corrected chi connectivity index (χ0v) is 11.6. The molecule has 2 nitrogen and oxygen atoms in total. The van der Waals surface area contributed by atoms with E-state index in [1.54, 1.807) is 12.1 Å². The summed E-state index contributed by atoms with van der Waals surface area (Å²) in [6.07, 6.45) is 0. The largest absolute Gasteiger partial charge is 0.332 e. The summed E-state index contributed by atoms with van der Waals surface area (Å²) in [6.45, 7) is 4.06. The summed E-state index contributed by atoms with van der Waals surface area (Å²) in [5.74, 6) is -0.292. The fraction of sp³-hybridized carbons (Fsp3) is 0.133. The van der Waals surface area contributed by atoms with Crippen LogP contribution in [-0.2, 0) is 0 Å². The molecule has 2 rings (SSSR count). The first-order chi connectivity index (χ1) is 9.04. The van der Waals surface area contributed by atoms with Gasteiger partial charge in [-0.2, -0.15) is 0 Å². The van der Waals surface area contributed by atoms with Gasteiger partial charge in [0.25, 0.3) is 0 Å². The van der Waals surface area contributed by atoms with Gasteiger partial charge in [0.1, 0.15) is 5.82 Å². The molecule has 0 aliphatic heterocycles. The van der Waals surface area contributed by atoms with Gasteiger partial charge in [0, 0.05) is 11.4 Å². The van der Waals surface area contributed by atoms with Crippen LogP contribution in [0.5, 0.6) is 0 Å². The fourth-order valence-corrected chi connectivity index (χ4v) is 2.03. The zero-order valence-electron chi connectivity index (χ0n) is 10.8. The molecular formula is C15H15FN2S. The van der Waals surface area contributed by atoms with Crippen LogP contribution in [0.15, 0.2) is 42.5 Å². The Labute approximate surface area is 117 Å². The molecule has 0 atom stereocenters. The van der Waals surface area contributed by atoms with Crippen molar-refractivity contribution >= 4 is 28.7 Å². The van der Waals surface area contributed by atoms with Crippen molar-refractivity contribution in [2.45, 2.75) is 13.8 Å². The molecule has 0 radical (unpaired) electrons. The predicted octanol–water partition coefficient (Wildman–Crippen LogP) is 4.25. The van der Waals surface area contributed by atoms with Crippen LogP contribution in [0.2, 0.25) is 0 Å². The lowest BCUT2D eigenvalue weighted by atomic mass is 10.1. The Morgan fingerprint density at radius 3 is 2.53 bits per heavy atom. The first-order valence-electron chi connectivity index (χ1n) is 5.95. The van der Waals surface area contributed by atoms with Crippen molar-refractivity contribution in [3.8, 4) is 0 Å². The van der Waals surface area contributed by atoms with E-state index in [1.807, 2.05) is 26.0 Å². The normalized spacial score (nSPS) is 10.1. The van der Waals surface area contributed by atoms with Crippen LogP contribution in [0.4, 0.5) is 15.8 Å². The van der Waals surface area contributed by atoms with Gasteiger partial charge < -0.3 is 10.6 Å². The average molecular weight is 274 g/mol. The van der Waals surface area contributed by atoms with E-state index in [9.17, 15) is 4.39 Å². The molecule has 4 heteroatoms. The lowest BCUT2D eigenvalue weighted by Gasteiger charge is -2.13. The standard InChI is InChI=1S/C15H15FN2S/c1-10-6-7-14(11(2)8-10)18-15(19)17-13-5-3-4-12(16)9-13/h3-9H,1-2H3,(H2,17,18,19). The second-order valence-electron chi connectivity index (χ2n) is 4.41. The number of anilines is 2. The topological polar surface area (TPSA) is 24.1 Å². The number of hydrogen-bond acceptors (Lipinski definition) is 1. The number of thiocarbonyl (C=S) groups is 1. The Hall–Kier alpha value is -1.94. The van der Waals surface area contributed by atoms with E-state index in [2.05, 4.69) is 16.7 Å². The molecule has 0 saturated heterocycles. The van der Waals surface area contributed by atoms with E-state index in [0.717, 1.165) is 11.3 Å². The molecule has 0 amide bonds. The molecule has 0 fully saturated rings. The Morgan fingerprint density at radius 1 is 1.05 bits per heavy atom. The molecule has 2 N–H and O–H groups in total. The van der Waals surface area contributed by atoms with Crippen molar-refractivity contribution < 1.29 is 4.39 Å². The van der Waals surface area contributed by atoms with Crippen LogP contribution in [0, 0.1) is 19.7 Å². The molecule has 0 aliphatic carbocycles. The van der Waals surface area contributed by atoms with Crippen LogP contribution < -0.4 is 10.6 Å². The minimum absolute atomic E-state index is 0.292. The maximum atomic E-state index is 13.0. The van der Waals surface area contributed by atoms with E-state index in [0.29, 0.717) is 10.8 Å². The predicted molar refractivity (Wildman–Crippen MR) is 82.2 cm³/mol. The van der Waals surface area contributed by atoms with Gasteiger partial charge in [-0.25, -0.2) is 4.39 Å². The fourth-order valence-electron chi connectivity index (χ4n) is 1.80. The maximum Gasteiger partial charge on any atom is 0.175 e. The average Bonchev–Trinajstić information content (AvgIpc) is 2.33. The first kappa shape index (κ1) is 13.5. The van der Waals surface area contributed by atoms with Crippen molar-refractivity contribution in [1.29, 1.82) is 0 Å². The van der Waals surface area contributed by atoms with Gasteiger partial charge in [0.15, 0.2) is 5.11 Å². The minimum atomic E-state index is -0.292. The number of rotatable bonds is 2. The summed E-state index contributed by atoms with van der Waals surface area (Å²) in [6, 6.07) is 12.3. The number of nitrogens with one attached hydrogen (secondary N) is 2. The smallest absolute Gasteiger partial charge is 0.175 e. The highest BCUT2D eigenvalue weighted by Gasteiger charge is 2.02. The molecule has 19 heavy (non-hydrogen) atoms. The second kappa shape index (κ2) is 5.80.